The van der Waals surface area contributed by atoms with E-state index in [1.807, 2.05) is 12.1 Å². The maximum Gasteiger partial charge on any atom is 0.397 e. The minimum Gasteiger partial charge on any atom is -0.389 e. The van der Waals surface area contributed by atoms with Crippen LogP contribution in [0.5, 0.6) is 0 Å². The third kappa shape index (κ3) is 7.68. The Kier molecular flexibility index (Phi) is 8.22. The molecule has 1 amide bonds. The molecule has 2 fully saturated rings. The number of benzene rings is 1. The van der Waals surface area contributed by atoms with Crippen LogP contribution in [0, 0.1) is 5.92 Å². The van der Waals surface area contributed by atoms with Crippen molar-refractivity contribution in [3.63, 3.8) is 0 Å². The van der Waals surface area contributed by atoms with E-state index in [1.165, 1.54) is 0 Å². The van der Waals surface area contributed by atoms with Gasteiger partial charge in [-0.3, -0.25) is 9.69 Å². The summed E-state index contributed by atoms with van der Waals surface area (Å²) in [5.41, 5.74) is 2.09. The van der Waals surface area contributed by atoms with Gasteiger partial charge in [0.1, 0.15) is 6.42 Å². The summed E-state index contributed by atoms with van der Waals surface area (Å²) in [6.07, 6.45) is -1.74. The van der Waals surface area contributed by atoms with Gasteiger partial charge in [-0.2, -0.15) is 13.2 Å². The lowest BCUT2D eigenvalue weighted by molar-refractivity contribution is -0.154. The Labute approximate surface area is 182 Å². The van der Waals surface area contributed by atoms with Gasteiger partial charge in [-0.15, -0.1) is 0 Å². The van der Waals surface area contributed by atoms with Crippen LogP contribution in [0.3, 0.4) is 0 Å². The van der Waals surface area contributed by atoms with Crippen LogP contribution in [0.4, 0.5) is 18.9 Å². The number of amides is 1. The Hall–Kier alpha value is -1.80. The first-order valence-electron chi connectivity index (χ1n) is 11.3. The van der Waals surface area contributed by atoms with Gasteiger partial charge < -0.3 is 15.3 Å². The lowest BCUT2D eigenvalue weighted by Gasteiger charge is -2.37. The Balaban J connectivity index is 1.34. The topological polar surface area (TPSA) is 55.8 Å². The average molecular weight is 442 g/mol. The first kappa shape index (κ1) is 23.9. The number of aliphatic hydroxyl groups is 1. The monoisotopic (exact) mass is 441 g/mol. The molecular formula is C23H34F3N3O2. The molecule has 31 heavy (non-hydrogen) atoms. The van der Waals surface area contributed by atoms with Gasteiger partial charge in [0.15, 0.2) is 0 Å². The summed E-state index contributed by atoms with van der Waals surface area (Å²) in [6, 6.07) is 7.97. The summed E-state index contributed by atoms with van der Waals surface area (Å²) < 4.78 is 36.9. The van der Waals surface area contributed by atoms with Crippen LogP contribution in [-0.4, -0.2) is 60.9 Å². The Morgan fingerprint density at radius 2 is 1.84 bits per heavy atom. The second kappa shape index (κ2) is 10.7. The zero-order valence-electron chi connectivity index (χ0n) is 18.2. The van der Waals surface area contributed by atoms with E-state index in [9.17, 15) is 23.1 Å². The number of nitrogens with one attached hydrogen (secondary N) is 1. The molecule has 1 heterocycles. The highest BCUT2D eigenvalue weighted by atomic mass is 19.4. The van der Waals surface area contributed by atoms with Gasteiger partial charge in [0.05, 0.1) is 6.10 Å². The van der Waals surface area contributed by atoms with Gasteiger partial charge in [0.25, 0.3) is 0 Å². The molecule has 8 heteroatoms. The predicted molar refractivity (Wildman–Crippen MR) is 115 cm³/mol. The largest absolute Gasteiger partial charge is 0.397 e. The van der Waals surface area contributed by atoms with Crippen LogP contribution in [0.2, 0.25) is 0 Å². The van der Waals surface area contributed by atoms with E-state index >= 15 is 0 Å². The summed E-state index contributed by atoms with van der Waals surface area (Å²) in [4.78, 5) is 16.3. The first-order chi connectivity index (χ1) is 14.7. The fraction of sp³-hybridized carbons (Fsp3) is 0.696. The molecule has 0 spiro atoms. The molecular weight excluding hydrogens is 407 g/mol. The van der Waals surface area contributed by atoms with E-state index in [2.05, 4.69) is 27.2 Å². The maximum absolute atomic E-state index is 12.3. The number of halogens is 3. The highest BCUT2D eigenvalue weighted by Crippen LogP contribution is 2.28. The molecule has 1 atom stereocenters. The van der Waals surface area contributed by atoms with Gasteiger partial charge in [0, 0.05) is 37.9 Å². The van der Waals surface area contributed by atoms with Crippen molar-refractivity contribution >= 4 is 11.6 Å². The third-order valence-electron chi connectivity index (χ3n) is 6.52. The van der Waals surface area contributed by atoms with E-state index in [0.717, 1.165) is 76.1 Å². The first-order valence-corrected chi connectivity index (χ1v) is 11.3. The molecule has 1 aromatic rings. The van der Waals surface area contributed by atoms with Crippen molar-refractivity contribution in [3.05, 3.63) is 29.8 Å². The molecule has 3 rings (SSSR count). The van der Waals surface area contributed by atoms with Crippen molar-refractivity contribution in [2.75, 3.05) is 37.6 Å². The fourth-order valence-electron chi connectivity index (χ4n) is 4.63. The van der Waals surface area contributed by atoms with E-state index in [-0.39, 0.29) is 6.04 Å². The minimum atomic E-state index is -4.44. The normalized spacial score (nSPS) is 24.1. The summed E-state index contributed by atoms with van der Waals surface area (Å²) in [7, 11) is 0. The molecule has 0 aromatic heterocycles. The molecule has 1 aliphatic carbocycles. The van der Waals surface area contributed by atoms with Crippen molar-refractivity contribution in [3.8, 4) is 0 Å². The summed E-state index contributed by atoms with van der Waals surface area (Å²) in [6.45, 7) is 6.74. The summed E-state index contributed by atoms with van der Waals surface area (Å²) in [5, 5.41) is 12.3. The molecule has 0 bridgehead atoms. The quantitative estimate of drug-likeness (QED) is 0.674. The number of hydrogen-bond acceptors (Lipinski definition) is 4. The highest BCUT2D eigenvalue weighted by Gasteiger charge is 2.32. The number of hydrogen-bond donors (Lipinski definition) is 2. The second-order valence-electron chi connectivity index (χ2n) is 8.97. The van der Waals surface area contributed by atoms with Gasteiger partial charge >= 0.3 is 6.18 Å². The van der Waals surface area contributed by atoms with Crippen molar-refractivity contribution in [1.82, 2.24) is 10.2 Å². The molecule has 1 saturated carbocycles. The smallest absolute Gasteiger partial charge is 0.389 e. The van der Waals surface area contributed by atoms with Crippen LogP contribution in [0.25, 0.3) is 0 Å². The molecule has 1 aromatic carbocycles. The third-order valence-corrected chi connectivity index (χ3v) is 6.52. The number of anilines is 1. The van der Waals surface area contributed by atoms with Crippen LogP contribution < -0.4 is 10.2 Å². The van der Waals surface area contributed by atoms with Crippen molar-refractivity contribution in [2.45, 2.75) is 63.8 Å². The average Bonchev–Trinajstić information content (AvgIpc) is 2.72. The number of aliphatic hydroxyl groups excluding tert-OH is 1. The number of piperazine rings is 1. The van der Waals surface area contributed by atoms with Gasteiger partial charge in [-0.25, -0.2) is 0 Å². The summed E-state index contributed by atoms with van der Waals surface area (Å²) >= 11 is 0. The van der Waals surface area contributed by atoms with Crippen LogP contribution in [0.1, 0.15) is 57.1 Å². The zero-order valence-corrected chi connectivity index (χ0v) is 18.2. The highest BCUT2D eigenvalue weighted by molar-refractivity contribution is 5.76. The molecule has 1 aliphatic heterocycles. The molecule has 1 saturated heterocycles. The predicted octanol–water partition coefficient (Wildman–Crippen LogP) is 3.88. The minimum absolute atomic E-state index is 0.118. The standard InChI is InChI=1S/C23H34F3N3O2/c1-17(30)19-3-2-4-21(15-19)29-13-11-28(12-14-29)10-9-18-5-7-20(8-6-18)27-22(31)16-23(24,25)26/h2-4,15,17-18,20,30H,5-14,16H2,1H3,(H,27,31). The SMILES string of the molecule is CC(O)c1cccc(N2CCN(CCC3CCC(NC(=O)CC(F)(F)F)CC3)CC2)c1. The Morgan fingerprint density at radius 3 is 2.45 bits per heavy atom. The van der Waals surface area contributed by atoms with E-state index < -0.39 is 24.6 Å². The number of alkyl halides is 3. The van der Waals surface area contributed by atoms with E-state index in [1.54, 1.807) is 6.92 Å². The second-order valence-corrected chi connectivity index (χ2v) is 8.97. The molecule has 2 aliphatic rings. The van der Waals surface area contributed by atoms with Crippen molar-refractivity contribution < 1.29 is 23.1 Å². The van der Waals surface area contributed by atoms with Crippen molar-refractivity contribution in [2.24, 2.45) is 5.92 Å². The molecule has 5 nitrogen and oxygen atoms in total. The number of carbonyl (C=O) groups excluding carboxylic acids is 1. The van der Waals surface area contributed by atoms with Gasteiger partial charge in [0.2, 0.25) is 5.91 Å². The Morgan fingerprint density at radius 1 is 1.16 bits per heavy atom. The molecule has 2 N–H and O–H groups in total. The lowest BCUT2D eigenvalue weighted by Crippen LogP contribution is -2.47. The summed E-state index contributed by atoms with van der Waals surface area (Å²) in [5.74, 6) is -0.329. The number of nitrogens with zero attached hydrogens (tertiary/aromatic N) is 2. The van der Waals surface area contributed by atoms with Gasteiger partial charge in [-0.1, -0.05) is 12.1 Å². The van der Waals surface area contributed by atoms with E-state index in [4.69, 9.17) is 0 Å². The fourth-order valence-corrected chi connectivity index (χ4v) is 4.63. The van der Waals surface area contributed by atoms with Crippen LogP contribution in [0.15, 0.2) is 24.3 Å². The zero-order chi connectivity index (χ0) is 22.4. The Bertz CT molecular complexity index is 710. The number of rotatable bonds is 7. The lowest BCUT2D eigenvalue weighted by atomic mass is 9.84. The molecule has 174 valence electrons. The van der Waals surface area contributed by atoms with Crippen molar-refractivity contribution in [1.29, 1.82) is 0 Å². The maximum atomic E-state index is 12.3. The van der Waals surface area contributed by atoms with Gasteiger partial charge in [-0.05, 0) is 69.2 Å². The number of carbonyl (C=O) groups is 1. The van der Waals surface area contributed by atoms with E-state index in [0.29, 0.717) is 5.92 Å². The van der Waals surface area contributed by atoms with Crippen LogP contribution in [-0.2, 0) is 4.79 Å². The molecule has 0 radical (unpaired) electrons. The van der Waals surface area contributed by atoms with Crippen LogP contribution >= 0.6 is 0 Å². The molecule has 1 unspecified atom stereocenters.